The lowest BCUT2D eigenvalue weighted by Gasteiger charge is -2.07. The first-order valence-electron chi connectivity index (χ1n) is 4.01. The second kappa shape index (κ2) is 2.67. The fourth-order valence-corrected chi connectivity index (χ4v) is 1.47. The van der Waals surface area contributed by atoms with Crippen LogP contribution in [0.1, 0.15) is 18.5 Å². The molecule has 1 heterocycles. The summed E-state index contributed by atoms with van der Waals surface area (Å²) >= 11 is 0. The number of halogens is 2. The molecule has 2 N–H and O–H groups in total. The standard InChI is InChI=1S/C9H9F2NO/c1-4-8(12)7-5(10)2-3-6(11)9(7)13-4/h2-4,8H,12H2,1H3. The Kier molecular flexibility index (Phi) is 1.73. The average molecular weight is 185 g/mol. The van der Waals surface area contributed by atoms with Gasteiger partial charge >= 0.3 is 0 Å². The van der Waals surface area contributed by atoms with E-state index >= 15 is 0 Å². The molecule has 2 atom stereocenters. The van der Waals surface area contributed by atoms with E-state index in [9.17, 15) is 8.78 Å². The second-order valence-corrected chi connectivity index (χ2v) is 3.12. The van der Waals surface area contributed by atoms with Crippen LogP contribution in [0.5, 0.6) is 5.75 Å². The van der Waals surface area contributed by atoms with E-state index in [1.54, 1.807) is 6.92 Å². The molecule has 0 amide bonds. The molecule has 0 aromatic heterocycles. The van der Waals surface area contributed by atoms with Crippen molar-refractivity contribution in [2.45, 2.75) is 19.1 Å². The van der Waals surface area contributed by atoms with Crippen LogP contribution in [-0.4, -0.2) is 6.10 Å². The highest BCUT2D eigenvalue weighted by molar-refractivity contribution is 5.42. The van der Waals surface area contributed by atoms with Crippen molar-refractivity contribution in [3.8, 4) is 5.75 Å². The van der Waals surface area contributed by atoms with Crippen molar-refractivity contribution < 1.29 is 13.5 Å². The van der Waals surface area contributed by atoms with Crippen molar-refractivity contribution in [1.82, 2.24) is 0 Å². The Balaban J connectivity index is 2.61. The SMILES string of the molecule is CC1Oc2c(F)ccc(F)c2C1N. The molecule has 1 aliphatic heterocycles. The number of hydrogen-bond acceptors (Lipinski definition) is 2. The van der Waals surface area contributed by atoms with Gasteiger partial charge < -0.3 is 10.5 Å². The van der Waals surface area contributed by atoms with Gasteiger partial charge in [0.15, 0.2) is 11.6 Å². The lowest BCUT2D eigenvalue weighted by Crippen LogP contribution is -2.22. The highest BCUT2D eigenvalue weighted by Crippen LogP contribution is 2.38. The second-order valence-electron chi connectivity index (χ2n) is 3.12. The Morgan fingerprint density at radius 1 is 1.31 bits per heavy atom. The van der Waals surface area contributed by atoms with Crippen LogP contribution in [0.25, 0.3) is 0 Å². The largest absolute Gasteiger partial charge is 0.485 e. The van der Waals surface area contributed by atoms with E-state index in [0.29, 0.717) is 0 Å². The van der Waals surface area contributed by atoms with Crippen LogP contribution in [0.4, 0.5) is 8.78 Å². The van der Waals surface area contributed by atoms with E-state index < -0.39 is 17.7 Å². The Morgan fingerprint density at radius 3 is 2.54 bits per heavy atom. The Hall–Kier alpha value is -1.16. The van der Waals surface area contributed by atoms with E-state index in [1.807, 2.05) is 0 Å². The number of fused-ring (bicyclic) bond motifs is 1. The van der Waals surface area contributed by atoms with Crippen LogP contribution in [0.15, 0.2) is 12.1 Å². The summed E-state index contributed by atoms with van der Waals surface area (Å²) in [6.07, 6.45) is -0.374. The summed E-state index contributed by atoms with van der Waals surface area (Å²) in [6.45, 7) is 1.68. The quantitative estimate of drug-likeness (QED) is 0.668. The van der Waals surface area contributed by atoms with Crippen LogP contribution in [0.2, 0.25) is 0 Å². The zero-order valence-corrected chi connectivity index (χ0v) is 7.05. The van der Waals surface area contributed by atoms with Gasteiger partial charge in [0.1, 0.15) is 11.9 Å². The summed E-state index contributed by atoms with van der Waals surface area (Å²) in [5.74, 6) is -1.11. The van der Waals surface area contributed by atoms with Gasteiger partial charge in [0.25, 0.3) is 0 Å². The maximum atomic E-state index is 13.2. The van der Waals surface area contributed by atoms with Gasteiger partial charge in [-0.3, -0.25) is 0 Å². The minimum absolute atomic E-state index is 0.0417. The molecule has 1 aliphatic rings. The summed E-state index contributed by atoms with van der Waals surface area (Å²) in [6, 6.07) is 1.53. The molecule has 4 heteroatoms. The number of rotatable bonds is 0. The summed E-state index contributed by atoms with van der Waals surface area (Å²) in [4.78, 5) is 0. The molecule has 0 aliphatic carbocycles. The van der Waals surface area contributed by atoms with Crippen LogP contribution >= 0.6 is 0 Å². The minimum atomic E-state index is -0.578. The Labute approximate surface area is 74.3 Å². The van der Waals surface area contributed by atoms with Gasteiger partial charge in [0, 0.05) is 0 Å². The normalized spacial score (nSPS) is 25.5. The molecule has 0 saturated carbocycles. The molecular formula is C9H9F2NO. The minimum Gasteiger partial charge on any atom is -0.485 e. The fraction of sp³-hybridized carbons (Fsp3) is 0.333. The van der Waals surface area contributed by atoms with E-state index in [0.717, 1.165) is 12.1 Å². The molecule has 0 spiro atoms. The van der Waals surface area contributed by atoms with E-state index in [2.05, 4.69) is 0 Å². The summed E-state index contributed by atoms with van der Waals surface area (Å²) in [5.41, 5.74) is 5.77. The van der Waals surface area contributed by atoms with Gasteiger partial charge in [-0.1, -0.05) is 0 Å². The molecule has 1 aromatic rings. The maximum absolute atomic E-state index is 13.2. The highest BCUT2D eigenvalue weighted by Gasteiger charge is 2.33. The Bertz CT molecular complexity index is 354. The molecule has 0 bridgehead atoms. The molecule has 2 rings (SSSR count). The van der Waals surface area contributed by atoms with Crippen molar-refractivity contribution in [2.75, 3.05) is 0 Å². The third-order valence-electron chi connectivity index (χ3n) is 2.24. The van der Waals surface area contributed by atoms with E-state index in [4.69, 9.17) is 10.5 Å². The summed E-state index contributed by atoms with van der Waals surface area (Å²) in [5, 5.41) is 0. The van der Waals surface area contributed by atoms with Crippen LogP contribution in [0.3, 0.4) is 0 Å². The molecule has 0 radical (unpaired) electrons. The molecular weight excluding hydrogens is 176 g/mol. The van der Waals surface area contributed by atoms with Crippen LogP contribution in [-0.2, 0) is 0 Å². The van der Waals surface area contributed by atoms with Crippen molar-refractivity contribution >= 4 is 0 Å². The van der Waals surface area contributed by atoms with Gasteiger partial charge in [-0.15, -0.1) is 0 Å². The van der Waals surface area contributed by atoms with Crippen LogP contribution < -0.4 is 10.5 Å². The molecule has 13 heavy (non-hydrogen) atoms. The topological polar surface area (TPSA) is 35.2 Å². The number of ether oxygens (including phenoxy) is 1. The highest BCUT2D eigenvalue weighted by atomic mass is 19.1. The number of nitrogens with two attached hydrogens (primary N) is 1. The van der Waals surface area contributed by atoms with Gasteiger partial charge in [0.2, 0.25) is 0 Å². The van der Waals surface area contributed by atoms with Crippen molar-refractivity contribution in [3.63, 3.8) is 0 Å². The fourth-order valence-electron chi connectivity index (χ4n) is 1.47. The first-order valence-corrected chi connectivity index (χ1v) is 4.01. The van der Waals surface area contributed by atoms with Gasteiger partial charge in [0.05, 0.1) is 11.6 Å². The predicted molar refractivity (Wildman–Crippen MR) is 43.4 cm³/mol. The van der Waals surface area contributed by atoms with E-state index in [1.165, 1.54) is 0 Å². The molecule has 2 nitrogen and oxygen atoms in total. The van der Waals surface area contributed by atoms with Gasteiger partial charge in [-0.25, -0.2) is 8.78 Å². The van der Waals surface area contributed by atoms with E-state index in [-0.39, 0.29) is 17.4 Å². The summed E-state index contributed by atoms with van der Waals surface area (Å²) < 4.78 is 31.3. The smallest absolute Gasteiger partial charge is 0.165 e. The van der Waals surface area contributed by atoms with Gasteiger partial charge in [-0.05, 0) is 19.1 Å². The molecule has 0 fully saturated rings. The van der Waals surface area contributed by atoms with Crippen LogP contribution in [0, 0.1) is 11.6 Å². The predicted octanol–water partition coefficient (Wildman–Crippen LogP) is 1.75. The molecule has 0 saturated heterocycles. The zero-order valence-electron chi connectivity index (χ0n) is 7.05. The lowest BCUT2D eigenvalue weighted by molar-refractivity contribution is 0.220. The van der Waals surface area contributed by atoms with Gasteiger partial charge in [-0.2, -0.15) is 0 Å². The number of benzene rings is 1. The monoisotopic (exact) mass is 185 g/mol. The van der Waals surface area contributed by atoms with Crippen molar-refractivity contribution in [1.29, 1.82) is 0 Å². The zero-order chi connectivity index (χ0) is 9.59. The summed E-state index contributed by atoms with van der Waals surface area (Å²) in [7, 11) is 0. The Morgan fingerprint density at radius 2 is 1.92 bits per heavy atom. The van der Waals surface area contributed by atoms with Crippen molar-refractivity contribution in [2.24, 2.45) is 5.73 Å². The third-order valence-corrected chi connectivity index (χ3v) is 2.24. The average Bonchev–Trinajstić information content (AvgIpc) is 2.38. The first kappa shape index (κ1) is 8.44. The molecule has 70 valence electrons. The third kappa shape index (κ3) is 1.09. The maximum Gasteiger partial charge on any atom is 0.165 e. The first-order chi connectivity index (χ1) is 6.11. The number of hydrogen-bond donors (Lipinski definition) is 1. The lowest BCUT2D eigenvalue weighted by atomic mass is 10.1. The van der Waals surface area contributed by atoms with Crippen molar-refractivity contribution in [3.05, 3.63) is 29.3 Å². The molecule has 1 aromatic carbocycles. The molecule has 2 unspecified atom stereocenters.